The molecule has 0 saturated carbocycles. The number of hydrogen-bond donors (Lipinski definition) is 1. The molecule has 8 heteroatoms. The molecule has 0 aliphatic carbocycles. The van der Waals surface area contributed by atoms with Crippen LogP contribution in [0.25, 0.3) is 11.0 Å². The molecule has 0 amide bonds. The number of imidazole rings is 1. The van der Waals surface area contributed by atoms with Crippen molar-refractivity contribution in [3.05, 3.63) is 48.4 Å². The molecular weight excluding hydrogens is 386 g/mol. The lowest BCUT2D eigenvalue weighted by atomic mass is 10.2. The van der Waals surface area contributed by atoms with Crippen LogP contribution in [0.3, 0.4) is 0 Å². The summed E-state index contributed by atoms with van der Waals surface area (Å²) in [5, 5.41) is 3.28. The Hall–Kier alpha value is -2.45. The minimum Gasteiger partial charge on any atom is -0.370 e. The number of nitrogens with one attached hydrogen (secondary N) is 1. The summed E-state index contributed by atoms with van der Waals surface area (Å²) in [5.41, 5.74) is 2.17. The molecule has 29 heavy (non-hydrogen) atoms. The van der Waals surface area contributed by atoms with Gasteiger partial charge in [0.25, 0.3) is 0 Å². The number of piperidine rings is 1. The summed E-state index contributed by atoms with van der Waals surface area (Å²) in [4.78, 5) is 9.17. The molecular formula is C21H27N5O2S. The van der Waals surface area contributed by atoms with Crippen LogP contribution in [0.4, 0.5) is 5.82 Å². The number of hydrogen-bond acceptors (Lipinski definition) is 5. The highest BCUT2D eigenvalue weighted by Crippen LogP contribution is 2.21. The van der Waals surface area contributed by atoms with E-state index in [1.807, 2.05) is 25.1 Å². The van der Waals surface area contributed by atoms with Crippen LogP contribution in [-0.2, 0) is 16.6 Å². The lowest BCUT2D eigenvalue weighted by Gasteiger charge is -2.25. The molecule has 1 fully saturated rings. The normalized spacial score (nSPS) is 15.6. The van der Waals surface area contributed by atoms with Crippen LogP contribution in [-0.4, -0.2) is 46.9 Å². The Kier molecular flexibility index (Phi) is 5.82. The van der Waals surface area contributed by atoms with Gasteiger partial charge < -0.3 is 9.88 Å². The number of para-hydroxylation sites is 2. The van der Waals surface area contributed by atoms with Crippen LogP contribution in [0.5, 0.6) is 0 Å². The second-order valence-electron chi connectivity index (χ2n) is 7.42. The Morgan fingerprint density at radius 1 is 1.07 bits per heavy atom. The van der Waals surface area contributed by atoms with E-state index in [0.717, 1.165) is 55.6 Å². The third-order valence-electron chi connectivity index (χ3n) is 5.40. The molecule has 4 rings (SSSR count). The predicted octanol–water partition coefficient (Wildman–Crippen LogP) is 3.42. The number of fused-ring (bicyclic) bond motifs is 1. The molecule has 7 nitrogen and oxygen atoms in total. The van der Waals surface area contributed by atoms with Gasteiger partial charge in [0.1, 0.15) is 16.5 Å². The maximum absolute atomic E-state index is 12.7. The summed E-state index contributed by atoms with van der Waals surface area (Å²) in [5.74, 6) is 1.70. The Labute approximate surface area is 171 Å². The van der Waals surface area contributed by atoms with Gasteiger partial charge in [-0.1, -0.05) is 18.6 Å². The summed E-state index contributed by atoms with van der Waals surface area (Å²) in [6.07, 6.45) is 5.33. The molecule has 2 aromatic heterocycles. The van der Waals surface area contributed by atoms with Crippen molar-refractivity contribution in [2.45, 2.75) is 44.0 Å². The topological polar surface area (TPSA) is 80.1 Å². The van der Waals surface area contributed by atoms with E-state index in [2.05, 4.69) is 25.9 Å². The van der Waals surface area contributed by atoms with E-state index in [9.17, 15) is 8.42 Å². The number of benzene rings is 1. The van der Waals surface area contributed by atoms with Crippen molar-refractivity contribution in [3.8, 4) is 0 Å². The molecule has 0 spiro atoms. The Morgan fingerprint density at radius 2 is 1.86 bits per heavy atom. The van der Waals surface area contributed by atoms with Gasteiger partial charge in [-0.25, -0.2) is 18.4 Å². The molecule has 1 aliphatic rings. The first kappa shape index (κ1) is 19.8. The lowest BCUT2D eigenvalue weighted by molar-refractivity contribution is 0.346. The minimum absolute atomic E-state index is 0.269. The third kappa shape index (κ3) is 4.28. The summed E-state index contributed by atoms with van der Waals surface area (Å²) < 4.78 is 29.2. The second kappa shape index (κ2) is 8.51. The number of sulfonamides is 1. The van der Waals surface area contributed by atoms with Crippen molar-refractivity contribution in [1.82, 2.24) is 18.8 Å². The lowest BCUT2D eigenvalue weighted by Crippen LogP contribution is -2.35. The fourth-order valence-electron chi connectivity index (χ4n) is 3.82. The summed E-state index contributed by atoms with van der Waals surface area (Å²) in [6.45, 7) is 4.84. The number of nitrogens with zero attached hydrogens (tertiary/aromatic N) is 4. The van der Waals surface area contributed by atoms with Gasteiger partial charge in [0.15, 0.2) is 0 Å². The molecule has 0 atom stereocenters. The average Bonchev–Trinajstić information content (AvgIpc) is 3.07. The van der Waals surface area contributed by atoms with Crippen LogP contribution in [0, 0.1) is 6.92 Å². The molecule has 3 heterocycles. The van der Waals surface area contributed by atoms with E-state index in [0.29, 0.717) is 18.9 Å². The van der Waals surface area contributed by atoms with Gasteiger partial charge in [-0.15, -0.1) is 0 Å². The first-order valence-electron chi connectivity index (χ1n) is 10.2. The summed E-state index contributed by atoms with van der Waals surface area (Å²) in [6, 6.07) is 11.5. The van der Waals surface area contributed by atoms with E-state index in [-0.39, 0.29) is 4.90 Å². The zero-order chi connectivity index (χ0) is 20.3. The summed E-state index contributed by atoms with van der Waals surface area (Å²) >= 11 is 0. The SMILES string of the molecule is Cc1nc2ccccc2n1CCCNc1ccc(S(=O)(=O)N2CCCCC2)cn1. The molecule has 154 valence electrons. The number of aryl methyl sites for hydroxylation is 2. The highest BCUT2D eigenvalue weighted by atomic mass is 32.2. The Bertz CT molecular complexity index is 1070. The smallest absolute Gasteiger partial charge is 0.244 e. The van der Waals surface area contributed by atoms with Gasteiger partial charge in [0.05, 0.1) is 11.0 Å². The van der Waals surface area contributed by atoms with E-state index in [1.54, 1.807) is 16.4 Å². The van der Waals surface area contributed by atoms with Crippen LogP contribution >= 0.6 is 0 Å². The van der Waals surface area contributed by atoms with Crippen molar-refractivity contribution >= 4 is 26.9 Å². The quantitative estimate of drug-likeness (QED) is 0.601. The number of pyridine rings is 1. The molecule has 0 unspecified atom stereocenters. The molecule has 1 saturated heterocycles. The van der Waals surface area contributed by atoms with Gasteiger partial charge in [0.2, 0.25) is 10.0 Å². The van der Waals surface area contributed by atoms with E-state index in [4.69, 9.17) is 0 Å². The largest absolute Gasteiger partial charge is 0.370 e. The van der Waals surface area contributed by atoms with Gasteiger partial charge in [-0.2, -0.15) is 4.31 Å². The monoisotopic (exact) mass is 413 g/mol. The van der Waals surface area contributed by atoms with Crippen LogP contribution in [0.1, 0.15) is 31.5 Å². The van der Waals surface area contributed by atoms with Crippen molar-refractivity contribution in [2.24, 2.45) is 0 Å². The molecule has 3 aromatic rings. The third-order valence-corrected chi connectivity index (χ3v) is 7.28. The van der Waals surface area contributed by atoms with Crippen molar-refractivity contribution in [2.75, 3.05) is 25.0 Å². The maximum Gasteiger partial charge on any atom is 0.244 e. The zero-order valence-electron chi connectivity index (χ0n) is 16.7. The number of rotatable bonds is 7. The highest BCUT2D eigenvalue weighted by molar-refractivity contribution is 7.89. The first-order valence-corrected chi connectivity index (χ1v) is 11.6. The zero-order valence-corrected chi connectivity index (χ0v) is 17.5. The van der Waals surface area contributed by atoms with Gasteiger partial charge in [0, 0.05) is 32.4 Å². The fraction of sp³-hybridized carbons (Fsp3) is 0.429. The van der Waals surface area contributed by atoms with Gasteiger partial charge in [-0.3, -0.25) is 0 Å². The minimum atomic E-state index is -3.43. The average molecular weight is 414 g/mol. The fourth-order valence-corrected chi connectivity index (χ4v) is 5.29. The number of anilines is 1. The van der Waals surface area contributed by atoms with E-state index < -0.39 is 10.0 Å². The Morgan fingerprint density at radius 3 is 2.62 bits per heavy atom. The van der Waals surface area contributed by atoms with Crippen LogP contribution < -0.4 is 5.32 Å². The molecule has 0 radical (unpaired) electrons. The van der Waals surface area contributed by atoms with Gasteiger partial charge >= 0.3 is 0 Å². The Balaban J connectivity index is 1.33. The van der Waals surface area contributed by atoms with E-state index in [1.165, 1.54) is 6.20 Å². The van der Waals surface area contributed by atoms with Crippen LogP contribution in [0.15, 0.2) is 47.5 Å². The van der Waals surface area contributed by atoms with Crippen molar-refractivity contribution < 1.29 is 8.42 Å². The molecule has 0 bridgehead atoms. The first-order chi connectivity index (χ1) is 14.1. The molecule has 1 aromatic carbocycles. The predicted molar refractivity (Wildman–Crippen MR) is 114 cm³/mol. The summed E-state index contributed by atoms with van der Waals surface area (Å²) in [7, 11) is -3.43. The van der Waals surface area contributed by atoms with Crippen molar-refractivity contribution in [1.29, 1.82) is 0 Å². The second-order valence-corrected chi connectivity index (χ2v) is 9.36. The molecule has 1 N–H and O–H groups in total. The standard InChI is InChI=1S/C21H27N5O2S/c1-17-24-19-8-3-4-9-20(19)26(17)15-7-12-22-21-11-10-18(16-23-21)29(27,28)25-13-5-2-6-14-25/h3-4,8-11,16H,2,5-7,12-15H2,1H3,(H,22,23). The highest BCUT2D eigenvalue weighted by Gasteiger charge is 2.26. The maximum atomic E-state index is 12.7. The van der Waals surface area contributed by atoms with Crippen LogP contribution in [0.2, 0.25) is 0 Å². The number of aromatic nitrogens is 3. The van der Waals surface area contributed by atoms with Crippen molar-refractivity contribution in [3.63, 3.8) is 0 Å². The molecule has 1 aliphatic heterocycles. The van der Waals surface area contributed by atoms with E-state index >= 15 is 0 Å². The van der Waals surface area contributed by atoms with Gasteiger partial charge in [-0.05, 0) is 50.5 Å².